The smallest absolute Gasteiger partial charge is 0.410 e. The molecule has 0 saturated carbocycles. The average Bonchev–Trinajstić information content (AvgIpc) is 2.74. The number of ether oxygens (including phenoxy) is 2. The molecule has 2 amide bonds. The van der Waals surface area contributed by atoms with Gasteiger partial charge < -0.3 is 24.8 Å². The molecule has 0 aliphatic rings. The number of amides is 2. The number of rotatable bonds is 12. The number of carbonyl (C=O) groups excluding carboxylic acids is 2. The first-order valence-corrected chi connectivity index (χ1v) is 11.5. The van der Waals surface area contributed by atoms with E-state index in [9.17, 15) is 14.7 Å². The van der Waals surface area contributed by atoms with E-state index in [2.05, 4.69) is 18.5 Å². The van der Waals surface area contributed by atoms with Gasteiger partial charge in [0, 0.05) is 6.54 Å². The molecule has 34 heavy (non-hydrogen) atoms. The molecule has 0 aliphatic carbocycles. The number of carbonyl (C=O) groups is 2. The molecule has 0 heterocycles. The summed E-state index contributed by atoms with van der Waals surface area (Å²) in [5.41, 5.74) is 0.967. The van der Waals surface area contributed by atoms with Gasteiger partial charge in [-0.1, -0.05) is 75.6 Å². The fraction of sp³-hybridized carbons (Fsp3) is 0.481. The Morgan fingerprint density at radius 2 is 1.79 bits per heavy atom. The first-order valence-electron chi connectivity index (χ1n) is 11.5. The summed E-state index contributed by atoms with van der Waals surface area (Å²) in [6, 6.07) is 8.84. The van der Waals surface area contributed by atoms with Crippen LogP contribution < -0.4 is 5.32 Å². The molecule has 0 aromatic heterocycles. The molecule has 0 radical (unpaired) electrons. The Balaban J connectivity index is 3.00. The molecule has 1 aromatic rings. The number of hydrogen-bond acceptors (Lipinski definition) is 5. The molecule has 0 bridgehead atoms. The molecule has 1 rings (SSSR count). The Bertz CT molecular complexity index is 827. The summed E-state index contributed by atoms with van der Waals surface area (Å²) in [6.45, 7) is 17.0. The van der Waals surface area contributed by atoms with Crippen LogP contribution in [-0.4, -0.2) is 59.6 Å². The van der Waals surface area contributed by atoms with Crippen molar-refractivity contribution in [2.75, 3.05) is 19.7 Å². The summed E-state index contributed by atoms with van der Waals surface area (Å²) >= 11 is 0. The van der Waals surface area contributed by atoms with Crippen LogP contribution in [0.2, 0.25) is 0 Å². The topological polar surface area (TPSA) is 88.1 Å². The van der Waals surface area contributed by atoms with E-state index in [1.54, 1.807) is 39.0 Å². The number of aliphatic hydroxyl groups excluding tert-OH is 1. The van der Waals surface area contributed by atoms with E-state index in [0.717, 1.165) is 5.56 Å². The van der Waals surface area contributed by atoms with Crippen molar-refractivity contribution < 1.29 is 24.2 Å². The molecule has 0 spiro atoms. The van der Waals surface area contributed by atoms with E-state index in [4.69, 9.17) is 9.47 Å². The molecular weight excluding hydrogens is 432 g/mol. The maximum atomic E-state index is 12.8. The number of aliphatic hydroxyl groups is 1. The van der Waals surface area contributed by atoms with Gasteiger partial charge in [-0.25, -0.2) is 9.59 Å². The molecule has 7 heteroatoms. The third kappa shape index (κ3) is 11.7. The van der Waals surface area contributed by atoms with E-state index < -0.39 is 29.9 Å². The zero-order valence-corrected chi connectivity index (χ0v) is 21.1. The molecule has 7 nitrogen and oxygen atoms in total. The van der Waals surface area contributed by atoms with Crippen LogP contribution in [-0.2, 0) is 15.9 Å². The molecule has 0 unspecified atom stereocenters. The maximum Gasteiger partial charge on any atom is 0.410 e. The first kappa shape index (κ1) is 29.0. The predicted molar refractivity (Wildman–Crippen MR) is 136 cm³/mol. The number of nitrogens with one attached hydrogen (secondary N) is 1. The maximum absolute atomic E-state index is 12.8. The van der Waals surface area contributed by atoms with E-state index in [1.807, 2.05) is 44.2 Å². The molecule has 0 aliphatic heterocycles. The quantitative estimate of drug-likeness (QED) is 0.424. The monoisotopic (exact) mass is 472 g/mol. The van der Waals surface area contributed by atoms with E-state index >= 15 is 0 Å². The molecule has 0 fully saturated rings. The highest BCUT2D eigenvalue weighted by molar-refractivity contribution is 5.69. The highest BCUT2D eigenvalue weighted by Gasteiger charge is 2.29. The van der Waals surface area contributed by atoms with Crippen LogP contribution in [0.3, 0.4) is 0 Å². The Morgan fingerprint density at radius 3 is 2.32 bits per heavy atom. The highest BCUT2D eigenvalue weighted by Crippen LogP contribution is 2.13. The van der Waals surface area contributed by atoms with Crippen LogP contribution in [0, 0.1) is 5.92 Å². The summed E-state index contributed by atoms with van der Waals surface area (Å²) in [5, 5.41) is 13.9. The van der Waals surface area contributed by atoms with Crippen LogP contribution in [0.1, 0.15) is 40.2 Å². The Morgan fingerprint density at radius 1 is 1.15 bits per heavy atom. The lowest BCUT2D eigenvalue weighted by atomic mass is 10.0. The van der Waals surface area contributed by atoms with Crippen LogP contribution in [0.25, 0.3) is 0 Å². The number of benzene rings is 1. The van der Waals surface area contributed by atoms with Gasteiger partial charge in [0.05, 0.1) is 18.7 Å². The van der Waals surface area contributed by atoms with Gasteiger partial charge in [-0.2, -0.15) is 0 Å². The molecule has 1 aromatic carbocycles. The summed E-state index contributed by atoms with van der Waals surface area (Å²) in [7, 11) is 0. The molecule has 188 valence electrons. The minimum Gasteiger partial charge on any atom is -0.445 e. The van der Waals surface area contributed by atoms with Gasteiger partial charge in [0.1, 0.15) is 12.2 Å². The number of alkyl carbamates (subject to hydrolysis) is 1. The van der Waals surface area contributed by atoms with Gasteiger partial charge in [0.2, 0.25) is 0 Å². The lowest BCUT2D eigenvalue weighted by Crippen LogP contribution is -2.52. The second kappa shape index (κ2) is 14.3. The second-order valence-corrected chi connectivity index (χ2v) is 9.54. The van der Waals surface area contributed by atoms with Gasteiger partial charge in [-0.15, -0.1) is 0 Å². The normalized spacial score (nSPS) is 13.6. The minimum atomic E-state index is -1.05. The van der Waals surface area contributed by atoms with Crippen molar-refractivity contribution in [2.45, 2.75) is 58.8 Å². The van der Waals surface area contributed by atoms with Crippen molar-refractivity contribution >= 4 is 12.2 Å². The highest BCUT2D eigenvalue weighted by atomic mass is 16.6. The standard InChI is InChI=1S/C27H40N2O5/c1-8-13-21(9-2)19-33-26(32)29(17-20(3)4)18-24(30)23(16-22-14-11-10-12-15-22)28-25(31)34-27(5,6)7/h8-15,20,23-24,30H,1-2,16-19H2,3-7H3,(H,28,31)/b21-13+/t23-,24+/m0/s1. The van der Waals surface area contributed by atoms with Crippen LogP contribution in [0.4, 0.5) is 9.59 Å². The lowest BCUT2D eigenvalue weighted by Gasteiger charge is -2.31. The van der Waals surface area contributed by atoms with Crippen LogP contribution in [0.5, 0.6) is 0 Å². The third-order valence-electron chi connectivity index (χ3n) is 4.67. The van der Waals surface area contributed by atoms with Crippen LogP contribution in [0.15, 0.2) is 67.3 Å². The molecule has 2 N–H and O–H groups in total. The fourth-order valence-corrected chi connectivity index (χ4v) is 3.19. The number of allylic oxidation sites excluding steroid dienone is 2. The minimum absolute atomic E-state index is 0.0150. The van der Waals surface area contributed by atoms with Gasteiger partial charge >= 0.3 is 12.2 Å². The summed E-state index contributed by atoms with van der Waals surface area (Å²) in [5.74, 6) is 0.147. The van der Waals surface area contributed by atoms with E-state index in [0.29, 0.717) is 18.5 Å². The zero-order valence-electron chi connectivity index (χ0n) is 21.1. The van der Waals surface area contributed by atoms with Crippen molar-refractivity contribution in [3.05, 3.63) is 72.9 Å². The van der Waals surface area contributed by atoms with Gasteiger partial charge in [0.15, 0.2) is 0 Å². The fourth-order valence-electron chi connectivity index (χ4n) is 3.19. The zero-order chi connectivity index (χ0) is 25.7. The van der Waals surface area contributed by atoms with Crippen molar-refractivity contribution in [1.29, 1.82) is 0 Å². The van der Waals surface area contributed by atoms with Crippen molar-refractivity contribution in [1.82, 2.24) is 10.2 Å². The Labute approximate surface area is 204 Å². The SMILES string of the molecule is C=C/C=C(\C=C)COC(=O)N(CC(C)C)C[C@@H](O)[C@H](Cc1ccccc1)NC(=O)OC(C)(C)C. The first-order chi connectivity index (χ1) is 15.9. The Kier molecular flexibility index (Phi) is 12.1. The second-order valence-electron chi connectivity index (χ2n) is 9.54. The van der Waals surface area contributed by atoms with Gasteiger partial charge in [-0.05, 0) is 44.2 Å². The summed E-state index contributed by atoms with van der Waals surface area (Å²) < 4.78 is 10.8. The molecule has 2 atom stereocenters. The van der Waals surface area contributed by atoms with Crippen molar-refractivity contribution in [3.8, 4) is 0 Å². The van der Waals surface area contributed by atoms with Gasteiger partial charge in [-0.3, -0.25) is 0 Å². The lowest BCUT2D eigenvalue weighted by molar-refractivity contribution is 0.0340. The molecular formula is C27H40N2O5. The van der Waals surface area contributed by atoms with Crippen molar-refractivity contribution in [2.24, 2.45) is 5.92 Å². The summed E-state index contributed by atoms with van der Waals surface area (Å²) in [6.07, 6.45) is 3.03. The summed E-state index contributed by atoms with van der Waals surface area (Å²) in [4.78, 5) is 26.7. The average molecular weight is 473 g/mol. The number of nitrogens with zero attached hydrogens (tertiary/aromatic N) is 1. The molecule has 0 saturated heterocycles. The van der Waals surface area contributed by atoms with E-state index in [-0.39, 0.29) is 19.1 Å². The Hall–Kier alpha value is -3.06. The van der Waals surface area contributed by atoms with Crippen molar-refractivity contribution in [3.63, 3.8) is 0 Å². The largest absolute Gasteiger partial charge is 0.445 e. The third-order valence-corrected chi connectivity index (χ3v) is 4.67. The van der Waals surface area contributed by atoms with Crippen LogP contribution >= 0.6 is 0 Å². The van der Waals surface area contributed by atoms with Gasteiger partial charge in [0.25, 0.3) is 0 Å². The predicted octanol–water partition coefficient (Wildman–Crippen LogP) is 4.88. The number of hydrogen-bond donors (Lipinski definition) is 2. The van der Waals surface area contributed by atoms with E-state index in [1.165, 1.54) is 4.90 Å².